The smallest absolute Gasteiger partial charge is 0.188 e. The molecule has 0 aromatic heterocycles. The van der Waals surface area contributed by atoms with Crippen LogP contribution in [0.3, 0.4) is 0 Å². The first-order valence-electron chi connectivity index (χ1n) is 7.10. The van der Waals surface area contributed by atoms with E-state index in [1.165, 1.54) is 12.8 Å². The average molecular weight is 271 g/mol. The van der Waals surface area contributed by atoms with Crippen LogP contribution in [0.2, 0.25) is 0 Å². The first-order valence-corrected chi connectivity index (χ1v) is 7.10. The number of hydrogen-bond donors (Lipinski definition) is 4. The highest BCUT2D eigenvalue weighted by atomic mass is 16.8. The van der Waals surface area contributed by atoms with Crippen molar-refractivity contribution in [2.45, 2.75) is 62.6 Å². The minimum Gasteiger partial charge on any atom is -0.364 e. The highest BCUT2D eigenvalue weighted by Gasteiger charge is 2.53. The molecular weight excluding hydrogens is 246 g/mol. The van der Waals surface area contributed by atoms with Crippen LogP contribution in [0.25, 0.3) is 0 Å². The number of rotatable bonds is 7. The summed E-state index contributed by atoms with van der Waals surface area (Å²) in [4.78, 5) is 5.81. The molecule has 0 radical (unpaired) electrons. The van der Waals surface area contributed by atoms with E-state index >= 15 is 0 Å². The number of hydrazine groups is 2. The van der Waals surface area contributed by atoms with Gasteiger partial charge < -0.3 is 16.6 Å². The Balaban J connectivity index is 1.61. The van der Waals surface area contributed by atoms with Gasteiger partial charge in [0.25, 0.3) is 0 Å². The first-order chi connectivity index (χ1) is 8.88. The van der Waals surface area contributed by atoms with Gasteiger partial charge in [-0.25, -0.2) is 10.3 Å². The van der Waals surface area contributed by atoms with E-state index in [2.05, 4.69) is 5.43 Å². The summed E-state index contributed by atoms with van der Waals surface area (Å²) in [5.41, 5.74) is 15.0. The van der Waals surface area contributed by atoms with Crippen LogP contribution in [0.1, 0.15) is 32.6 Å². The minimum absolute atomic E-state index is 0.000649. The van der Waals surface area contributed by atoms with Crippen molar-refractivity contribution in [3.8, 4) is 0 Å². The zero-order valence-electron chi connectivity index (χ0n) is 11.6. The summed E-state index contributed by atoms with van der Waals surface area (Å²) in [5.74, 6) is -1.24. The number of nitrogens with zero attached hydrogens (tertiary/aromatic N) is 2. The molecular formula is C12H25N5O2. The number of hydrogen-bond acceptors (Lipinski definition) is 7. The van der Waals surface area contributed by atoms with Crippen molar-refractivity contribution < 1.29 is 9.94 Å². The molecule has 3 fully saturated rings. The van der Waals surface area contributed by atoms with Crippen LogP contribution in [-0.4, -0.2) is 52.4 Å². The number of aliphatic hydroxyl groups is 1. The molecule has 0 saturated heterocycles. The van der Waals surface area contributed by atoms with Gasteiger partial charge in [-0.1, -0.05) is 5.17 Å². The lowest BCUT2D eigenvalue weighted by molar-refractivity contribution is -0.404. The molecule has 6 N–H and O–H groups in total. The lowest BCUT2D eigenvalue weighted by atomic mass is 10.2. The maximum atomic E-state index is 10.4. The van der Waals surface area contributed by atoms with Gasteiger partial charge in [-0.2, -0.15) is 5.12 Å². The van der Waals surface area contributed by atoms with Crippen molar-refractivity contribution in [1.29, 1.82) is 0 Å². The quantitative estimate of drug-likeness (QED) is 0.344. The van der Waals surface area contributed by atoms with Gasteiger partial charge in [-0.3, -0.25) is 0 Å². The van der Waals surface area contributed by atoms with Gasteiger partial charge in [0.2, 0.25) is 0 Å². The molecule has 3 saturated carbocycles. The Morgan fingerprint density at radius 3 is 2.26 bits per heavy atom. The molecule has 7 heteroatoms. The SMILES string of the molecule is CN(NC1CC1)N(OC(C)(O)C1CC1N)C1CC1N. The van der Waals surface area contributed by atoms with Gasteiger partial charge in [0.1, 0.15) is 0 Å². The normalized spacial score (nSPS) is 40.6. The van der Waals surface area contributed by atoms with Crippen molar-refractivity contribution in [3.05, 3.63) is 0 Å². The summed E-state index contributed by atoms with van der Waals surface area (Å²) < 4.78 is 0. The Bertz CT molecular complexity index is 349. The summed E-state index contributed by atoms with van der Waals surface area (Å²) in [7, 11) is 1.90. The van der Waals surface area contributed by atoms with E-state index in [1.807, 2.05) is 12.2 Å². The summed E-state index contributed by atoms with van der Waals surface area (Å²) in [6.45, 7) is 1.68. The molecule has 0 amide bonds. The van der Waals surface area contributed by atoms with Gasteiger partial charge in [0.05, 0.1) is 6.04 Å². The third-order valence-electron chi connectivity index (χ3n) is 4.14. The molecule has 3 aliphatic rings. The summed E-state index contributed by atoms with van der Waals surface area (Å²) in [6.07, 6.45) is 4.04. The van der Waals surface area contributed by atoms with Crippen LogP contribution in [0.5, 0.6) is 0 Å². The Morgan fingerprint density at radius 1 is 1.26 bits per heavy atom. The zero-order chi connectivity index (χ0) is 13.8. The summed E-state index contributed by atoms with van der Waals surface area (Å²) in [6, 6.07) is 0.774. The third-order valence-corrected chi connectivity index (χ3v) is 4.14. The molecule has 110 valence electrons. The highest BCUT2D eigenvalue weighted by molar-refractivity contribution is 4.99. The Hall–Kier alpha value is -0.280. The lowest BCUT2D eigenvalue weighted by Gasteiger charge is -2.37. The van der Waals surface area contributed by atoms with Crippen molar-refractivity contribution in [3.63, 3.8) is 0 Å². The molecule has 0 aliphatic heterocycles. The summed E-state index contributed by atoms with van der Waals surface area (Å²) >= 11 is 0. The van der Waals surface area contributed by atoms with Crippen LogP contribution in [0.4, 0.5) is 0 Å². The Kier molecular flexibility index (Phi) is 3.33. The molecule has 5 atom stereocenters. The van der Waals surface area contributed by atoms with E-state index in [9.17, 15) is 5.11 Å². The molecule has 19 heavy (non-hydrogen) atoms. The van der Waals surface area contributed by atoms with Crippen LogP contribution in [0.15, 0.2) is 0 Å². The molecule has 3 aliphatic carbocycles. The van der Waals surface area contributed by atoms with Crippen LogP contribution < -0.4 is 16.9 Å². The maximum absolute atomic E-state index is 10.4. The van der Waals surface area contributed by atoms with Crippen LogP contribution in [0, 0.1) is 5.92 Å². The highest BCUT2D eigenvalue weighted by Crippen LogP contribution is 2.41. The van der Waals surface area contributed by atoms with Crippen molar-refractivity contribution in [2.24, 2.45) is 17.4 Å². The van der Waals surface area contributed by atoms with Crippen LogP contribution >= 0.6 is 0 Å². The van der Waals surface area contributed by atoms with E-state index in [0.29, 0.717) is 6.04 Å². The fourth-order valence-corrected chi connectivity index (χ4v) is 2.43. The van der Waals surface area contributed by atoms with Gasteiger partial charge >= 0.3 is 0 Å². The predicted molar refractivity (Wildman–Crippen MR) is 69.9 cm³/mol. The predicted octanol–water partition coefficient (Wildman–Crippen LogP) is -1.11. The number of hydroxylamine groups is 1. The van der Waals surface area contributed by atoms with E-state index in [0.717, 1.165) is 12.8 Å². The zero-order valence-corrected chi connectivity index (χ0v) is 11.6. The van der Waals surface area contributed by atoms with Crippen molar-refractivity contribution in [1.82, 2.24) is 15.7 Å². The van der Waals surface area contributed by atoms with Crippen LogP contribution in [-0.2, 0) is 4.84 Å². The Labute approximate surface area is 113 Å². The molecule has 0 aromatic rings. The molecule has 5 unspecified atom stereocenters. The van der Waals surface area contributed by atoms with Gasteiger partial charge in [-0.05, 0) is 32.6 Å². The average Bonchev–Trinajstić information content (AvgIpc) is 3.09. The van der Waals surface area contributed by atoms with E-state index in [1.54, 1.807) is 12.1 Å². The van der Waals surface area contributed by atoms with E-state index < -0.39 is 5.79 Å². The van der Waals surface area contributed by atoms with Crippen molar-refractivity contribution >= 4 is 0 Å². The molecule has 3 rings (SSSR count). The monoisotopic (exact) mass is 271 g/mol. The third kappa shape index (κ3) is 3.08. The maximum Gasteiger partial charge on any atom is 0.188 e. The fourth-order valence-electron chi connectivity index (χ4n) is 2.43. The summed E-state index contributed by atoms with van der Waals surface area (Å²) in [5, 5.41) is 13.9. The van der Waals surface area contributed by atoms with Gasteiger partial charge in [-0.15, -0.1) is 0 Å². The van der Waals surface area contributed by atoms with E-state index in [4.69, 9.17) is 16.3 Å². The van der Waals surface area contributed by atoms with Gasteiger partial charge in [0, 0.05) is 31.1 Å². The second-order valence-electron chi connectivity index (χ2n) is 6.35. The molecule has 0 bridgehead atoms. The molecule has 7 nitrogen and oxygen atoms in total. The minimum atomic E-state index is -1.23. The number of nitrogens with one attached hydrogen (secondary N) is 1. The second-order valence-corrected chi connectivity index (χ2v) is 6.35. The Morgan fingerprint density at radius 2 is 1.84 bits per heavy atom. The second kappa shape index (κ2) is 4.63. The van der Waals surface area contributed by atoms with Crippen molar-refractivity contribution in [2.75, 3.05) is 7.05 Å². The van der Waals surface area contributed by atoms with E-state index in [-0.39, 0.29) is 24.0 Å². The van der Waals surface area contributed by atoms with Gasteiger partial charge in [0.15, 0.2) is 5.79 Å². The molecule has 0 spiro atoms. The lowest BCUT2D eigenvalue weighted by Crippen LogP contribution is -2.55. The number of nitrogens with two attached hydrogens (primary N) is 2. The largest absolute Gasteiger partial charge is 0.364 e. The standard InChI is InChI=1S/C12H25N5O2/c1-12(18,8-5-9(8)13)19-17(11-6-10(11)14)16(2)15-7-3-4-7/h7-11,15,18H,3-6,13-14H2,1-2H3. The molecule has 0 aromatic carbocycles. The molecule has 0 heterocycles. The fraction of sp³-hybridized carbons (Fsp3) is 1.00. The first kappa shape index (κ1) is 13.7. The topological polar surface area (TPSA) is 100 Å².